The van der Waals surface area contributed by atoms with Gasteiger partial charge in [0, 0.05) is 30.2 Å². The number of carbonyl (C=O) groups excluding carboxylic acids is 1. The Bertz CT molecular complexity index is 697. The van der Waals surface area contributed by atoms with Crippen LogP contribution in [-0.2, 0) is 17.7 Å². The zero-order chi connectivity index (χ0) is 17.0. The molecule has 2 rings (SSSR count). The molecule has 0 saturated carbocycles. The van der Waals surface area contributed by atoms with Crippen molar-refractivity contribution in [2.45, 2.75) is 33.7 Å². The molecule has 0 bridgehead atoms. The van der Waals surface area contributed by atoms with E-state index in [0.717, 1.165) is 28.8 Å². The largest absolute Gasteiger partial charge is 0.465 e. The van der Waals surface area contributed by atoms with Gasteiger partial charge in [-0.05, 0) is 42.5 Å². The van der Waals surface area contributed by atoms with Crippen LogP contribution in [-0.4, -0.2) is 23.0 Å². The van der Waals surface area contributed by atoms with Crippen LogP contribution in [0.1, 0.15) is 41.2 Å². The second-order valence-electron chi connectivity index (χ2n) is 5.90. The van der Waals surface area contributed by atoms with Gasteiger partial charge in [0.05, 0.1) is 18.4 Å². The van der Waals surface area contributed by atoms with Crippen molar-refractivity contribution in [2.75, 3.05) is 7.11 Å². The van der Waals surface area contributed by atoms with Crippen molar-refractivity contribution in [3.05, 3.63) is 47.0 Å². The average molecular weight is 313 g/mol. The van der Waals surface area contributed by atoms with Crippen molar-refractivity contribution in [3.8, 4) is 11.1 Å². The number of nitrogens with two attached hydrogens (primary N) is 1. The van der Waals surface area contributed by atoms with Gasteiger partial charge in [-0.25, -0.2) is 4.79 Å². The molecule has 0 amide bonds. The van der Waals surface area contributed by atoms with E-state index in [4.69, 9.17) is 10.5 Å². The number of ether oxygens (including phenoxy) is 1. The summed E-state index contributed by atoms with van der Waals surface area (Å²) >= 11 is 0. The van der Waals surface area contributed by atoms with E-state index in [9.17, 15) is 4.79 Å². The predicted octanol–water partition coefficient (Wildman–Crippen LogP) is 2.90. The molecule has 23 heavy (non-hydrogen) atoms. The van der Waals surface area contributed by atoms with Crippen LogP contribution < -0.4 is 5.73 Å². The maximum absolute atomic E-state index is 12.3. The molecule has 2 aromatic heterocycles. The fraction of sp³-hybridized carbons (Fsp3) is 0.389. The fourth-order valence-corrected chi connectivity index (χ4v) is 2.77. The summed E-state index contributed by atoms with van der Waals surface area (Å²) in [5, 5.41) is 0. The maximum Gasteiger partial charge on any atom is 0.340 e. The molecule has 0 aliphatic carbocycles. The van der Waals surface area contributed by atoms with Crippen LogP contribution in [0.5, 0.6) is 0 Å². The molecule has 5 heteroatoms. The van der Waals surface area contributed by atoms with Crippen LogP contribution in [0.3, 0.4) is 0 Å². The van der Waals surface area contributed by atoms with Crippen molar-refractivity contribution in [2.24, 2.45) is 11.7 Å². The Kier molecular flexibility index (Phi) is 5.45. The second-order valence-corrected chi connectivity index (χ2v) is 5.90. The molecule has 2 aromatic rings. The Labute approximate surface area is 136 Å². The first-order valence-electron chi connectivity index (χ1n) is 7.70. The smallest absolute Gasteiger partial charge is 0.340 e. The van der Waals surface area contributed by atoms with E-state index in [0.29, 0.717) is 23.7 Å². The van der Waals surface area contributed by atoms with E-state index < -0.39 is 5.97 Å². The minimum Gasteiger partial charge on any atom is -0.465 e. The Hall–Kier alpha value is -2.27. The first-order chi connectivity index (χ1) is 11.0. The van der Waals surface area contributed by atoms with Crippen molar-refractivity contribution < 1.29 is 9.53 Å². The maximum atomic E-state index is 12.3. The molecule has 0 aliphatic rings. The lowest BCUT2D eigenvalue weighted by atomic mass is 9.90. The molecule has 0 atom stereocenters. The summed E-state index contributed by atoms with van der Waals surface area (Å²) in [6.45, 7) is 6.42. The summed E-state index contributed by atoms with van der Waals surface area (Å²) in [5.74, 6) is 0.0501. The third-order valence-electron chi connectivity index (χ3n) is 3.73. The van der Waals surface area contributed by atoms with Crippen LogP contribution in [0, 0.1) is 12.8 Å². The molecule has 122 valence electrons. The van der Waals surface area contributed by atoms with E-state index in [-0.39, 0.29) is 0 Å². The molecule has 0 aromatic carbocycles. The van der Waals surface area contributed by atoms with E-state index in [1.165, 1.54) is 7.11 Å². The van der Waals surface area contributed by atoms with Crippen molar-refractivity contribution in [3.63, 3.8) is 0 Å². The van der Waals surface area contributed by atoms with Gasteiger partial charge in [-0.3, -0.25) is 9.97 Å². The zero-order valence-corrected chi connectivity index (χ0v) is 14.1. The number of nitrogens with zero attached hydrogens (tertiary/aromatic N) is 2. The quantitative estimate of drug-likeness (QED) is 0.859. The van der Waals surface area contributed by atoms with Crippen LogP contribution >= 0.6 is 0 Å². The zero-order valence-electron chi connectivity index (χ0n) is 14.1. The molecule has 0 unspecified atom stereocenters. The molecule has 0 saturated heterocycles. The van der Waals surface area contributed by atoms with E-state index in [1.807, 2.05) is 19.1 Å². The number of hydrogen-bond acceptors (Lipinski definition) is 5. The van der Waals surface area contributed by atoms with Gasteiger partial charge in [0.15, 0.2) is 0 Å². The molecular formula is C18H23N3O2. The van der Waals surface area contributed by atoms with Gasteiger partial charge in [0.25, 0.3) is 0 Å². The fourth-order valence-electron chi connectivity index (χ4n) is 2.77. The molecule has 5 nitrogen and oxygen atoms in total. The number of pyridine rings is 2. The summed E-state index contributed by atoms with van der Waals surface area (Å²) in [5.41, 5.74) is 10.7. The molecular weight excluding hydrogens is 290 g/mol. The number of carbonyl (C=O) groups is 1. The predicted molar refractivity (Wildman–Crippen MR) is 90.0 cm³/mol. The first kappa shape index (κ1) is 17.1. The Balaban J connectivity index is 2.81. The monoisotopic (exact) mass is 313 g/mol. The molecule has 0 spiro atoms. The second kappa shape index (κ2) is 7.33. The van der Waals surface area contributed by atoms with Gasteiger partial charge in [-0.15, -0.1) is 0 Å². The highest BCUT2D eigenvalue weighted by atomic mass is 16.5. The minimum atomic E-state index is -0.396. The van der Waals surface area contributed by atoms with Gasteiger partial charge in [0.1, 0.15) is 0 Å². The van der Waals surface area contributed by atoms with E-state index >= 15 is 0 Å². The number of esters is 1. The summed E-state index contributed by atoms with van der Waals surface area (Å²) in [7, 11) is 1.38. The van der Waals surface area contributed by atoms with Gasteiger partial charge < -0.3 is 10.5 Å². The SMILES string of the molecule is COC(=O)c1c(C)nc(CC(C)C)c(CN)c1-c1ccncc1. The van der Waals surface area contributed by atoms with E-state index in [2.05, 4.69) is 23.8 Å². The third kappa shape index (κ3) is 3.56. The highest BCUT2D eigenvalue weighted by Gasteiger charge is 2.23. The summed E-state index contributed by atoms with van der Waals surface area (Å²) in [6.07, 6.45) is 4.22. The molecule has 0 radical (unpaired) electrons. The third-order valence-corrected chi connectivity index (χ3v) is 3.73. The first-order valence-corrected chi connectivity index (χ1v) is 7.70. The lowest BCUT2D eigenvalue weighted by Gasteiger charge is -2.19. The topological polar surface area (TPSA) is 78.1 Å². The van der Waals surface area contributed by atoms with Gasteiger partial charge in [0.2, 0.25) is 0 Å². The highest BCUT2D eigenvalue weighted by Crippen LogP contribution is 2.32. The van der Waals surface area contributed by atoms with Crippen LogP contribution in [0.2, 0.25) is 0 Å². The number of aromatic nitrogens is 2. The number of aryl methyl sites for hydroxylation is 1. The summed E-state index contributed by atoms with van der Waals surface area (Å²) in [6, 6.07) is 3.75. The average Bonchev–Trinajstić information content (AvgIpc) is 2.54. The molecule has 2 heterocycles. The molecule has 0 fully saturated rings. The summed E-state index contributed by atoms with van der Waals surface area (Å²) in [4.78, 5) is 21.0. The van der Waals surface area contributed by atoms with Crippen molar-refractivity contribution in [1.82, 2.24) is 9.97 Å². The van der Waals surface area contributed by atoms with Crippen LogP contribution in [0.25, 0.3) is 11.1 Å². The lowest BCUT2D eigenvalue weighted by Crippen LogP contribution is -2.16. The van der Waals surface area contributed by atoms with Crippen LogP contribution in [0.15, 0.2) is 24.5 Å². The van der Waals surface area contributed by atoms with Gasteiger partial charge in [-0.2, -0.15) is 0 Å². The Morgan fingerprint density at radius 1 is 1.30 bits per heavy atom. The number of rotatable bonds is 5. The number of hydrogen-bond donors (Lipinski definition) is 1. The van der Waals surface area contributed by atoms with Gasteiger partial charge >= 0.3 is 5.97 Å². The Morgan fingerprint density at radius 3 is 2.48 bits per heavy atom. The summed E-state index contributed by atoms with van der Waals surface area (Å²) < 4.78 is 4.96. The standard InChI is InChI=1S/C18H23N3O2/c1-11(2)9-15-14(10-19)17(13-5-7-20-8-6-13)16(12(3)21-15)18(22)23-4/h5-8,11H,9-10,19H2,1-4H3. The van der Waals surface area contributed by atoms with E-state index in [1.54, 1.807) is 12.4 Å². The normalized spacial score (nSPS) is 10.9. The Morgan fingerprint density at radius 2 is 1.96 bits per heavy atom. The molecule has 2 N–H and O–H groups in total. The number of methoxy groups -OCH3 is 1. The van der Waals surface area contributed by atoms with Crippen molar-refractivity contribution in [1.29, 1.82) is 0 Å². The molecule has 0 aliphatic heterocycles. The van der Waals surface area contributed by atoms with Crippen LogP contribution in [0.4, 0.5) is 0 Å². The van der Waals surface area contributed by atoms with Gasteiger partial charge in [-0.1, -0.05) is 13.8 Å². The highest BCUT2D eigenvalue weighted by molar-refractivity contribution is 5.99. The minimum absolute atomic E-state index is 0.316. The van der Waals surface area contributed by atoms with Crippen molar-refractivity contribution >= 4 is 5.97 Å². The lowest BCUT2D eigenvalue weighted by molar-refractivity contribution is 0.0600.